The number of hydrogen-bond acceptors (Lipinski definition) is 5. The average molecular weight is 277 g/mol. The number of aryl methyl sites for hydroxylation is 1. The van der Waals surface area contributed by atoms with E-state index in [0.717, 1.165) is 36.6 Å². The summed E-state index contributed by atoms with van der Waals surface area (Å²) < 4.78 is 0. The van der Waals surface area contributed by atoms with Crippen LogP contribution in [-0.2, 0) is 6.42 Å². The SMILES string of the molecule is CCCc1nc(N)c(C)c(NCC(C)N2CCCC2)n1. The summed E-state index contributed by atoms with van der Waals surface area (Å²) in [6, 6.07) is 0.530. The van der Waals surface area contributed by atoms with Gasteiger partial charge in [0, 0.05) is 24.6 Å². The largest absolute Gasteiger partial charge is 0.383 e. The molecule has 1 saturated heterocycles. The molecule has 2 heterocycles. The van der Waals surface area contributed by atoms with Gasteiger partial charge in [0.05, 0.1) is 0 Å². The summed E-state index contributed by atoms with van der Waals surface area (Å²) in [6.07, 6.45) is 4.56. The van der Waals surface area contributed by atoms with Gasteiger partial charge in [0.25, 0.3) is 0 Å². The highest BCUT2D eigenvalue weighted by Gasteiger charge is 2.18. The number of nitrogens with zero attached hydrogens (tertiary/aromatic N) is 3. The molecule has 3 N–H and O–H groups in total. The number of rotatable bonds is 6. The van der Waals surface area contributed by atoms with Gasteiger partial charge in [-0.15, -0.1) is 0 Å². The van der Waals surface area contributed by atoms with Gasteiger partial charge in [-0.3, -0.25) is 4.90 Å². The van der Waals surface area contributed by atoms with Crippen molar-refractivity contribution >= 4 is 11.6 Å². The first-order valence-corrected chi connectivity index (χ1v) is 7.72. The molecule has 20 heavy (non-hydrogen) atoms. The van der Waals surface area contributed by atoms with E-state index in [1.165, 1.54) is 25.9 Å². The van der Waals surface area contributed by atoms with E-state index < -0.39 is 0 Å². The van der Waals surface area contributed by atoms with E-state index >= 15 is 0 Å². The Morgan fingerprint density at radius 3 is 2.65 bits per heavy atom. The van der Waals surface area contributed by atoms with Crippen molar-refractivity contribution in [3.05, 3.63) is 11.4 Å². The summed E-state index contributed by atoms with van der Waals surface area (Å²) in [4.78, 5) is 11.5. The molecule has 1 fully saturated rings. The minimum Gasteiger partial charge on any atom is -0.383 e. The number of aromatic nitrogens is 2. The number of anilines is 2. The first kappa shape index (κ1) is 15.0. The maximum atomic E-state index is 5.98. The minimum atomic E-state index is 0.530. The van der Waals surface area contributed by atoms with Crippen LogP contribution in [0.15, 0.2) is 0 Å². The summed E-state index contributed by atoms with van der Waals surface area (Å²) in [5.41, 5.74) is 6.94. The zero-order valence-electron chi connectivity index (χ0n) is 12.9. The highest BCUT2D eigenvalue weighted by Crippen LogP contribution is 2.19. The van der Waals surface area contributed by atoms with Crippen LogP contribution in [-0.4, -0.2) is 40.5 Å². The van der Waals surface area contributed by atoms with Crippen molar-refractivity contribution in [2.24, 2.45) is 0 Å². The van der Waals surface area contributed by atoms with Crippen molar-refractivity contribution in [3.63, 3.8) is 0 Å². The molecule has 0 radical (unpaired) electrons. The highest BCUT2D eigenvalue weighted by molar-refractivity contribution is 5.54. The van der Waals surface area contributed by atoms with Crippen LogP contribution >= 0.6 is 0 Å². The second kappa shape index (κ2) is 6.88. The molecular formula is C15H27N5. The van der Waals surface area contributed by atoms with Gasteiger partial charge in [-0.05, 0) is 46.2 Å². The van der Waals surface area contributed by atoms with Crippen LogP contribution in [0.1, 0.15) is 44.5 Å². The van der Waals surface area contributed by atoms with Gasteiger partial charge in [-0.2, -0.15) is 0 Å². The Morgan fingerprint density at radius 1 is 1.30 bits per heavy atom. The molecule has 2 rings (SSSR count). The molecule has 1 aromatic heterocycles. The maximum absolute atomic E-state index is 5.98. The van der Waals surface area contributed by atoms with Gasteiger partial charge in [-0.1, -0.05) is 6.92 Å². The summed E-state index contributed by atoms with van der Waals surface area (Å²) in [7, 11) is 0. The van der Waals surface area contributed by atoms with E-state index in [4.69, 9.17) is 5.73 Å². The van der Waals surface area contributed by atoms with Gasteiger partial charge < -0.3 is 11.1 Å². The van der Waals surface area contributed by atoms with Crippen LogP contribution in [0.2, 0.25) is 0 Å². The molecule has 0 amide bonds. The van der Waals surface area contributed by atoms with E-state index in [-0.39, 0.29) is 0 Å². The molecule has 0 aromatic carbocycles. The van der Waals surface area contributed by atoms with Gasteiger partial charge in [0.15, 0.2) is 0 Å². The van der Waals surface area contributed by atoms with E-state index in [1.807, 2.05) is 6.92 Å². The third-order valence-corrected chi connectivity index (χ3v) is 4.03. The fourth-order valence-corrected chi connectivity index (χ4v) is 2.65. The first-order valence-electron chi connectivity index (χ1n) is 7.72. The second-order valence-corrected chi connectivity index (χ2v) is 5.72. The molecule has 1 aliphatic rings. The monoisotopic (exact) mass is 277 g/mol. The summed E-state index contributed by atoms with van der Waals surface area (Å²) in [5, 5.41) is 3.46. The summed E-state index contributed by atoms with van der Waals surface area (Å²) in [5.74, 6) is 2.33. The molecule has 0 saturated carbocycles. The van der Waals surface area contributed by atoms with Gasteiger partial charge in [0.1, 0.15) is 17.5 Å². The Balaban J connectivity index is 2.00. The lowest BCUT2D eigenvalue weighted by atomic mass is 10.2. The standard InChI is InChI=1S/C15H27N5/c1-4-7-13-18-14(16)12(3)15(19-13)17-10-11(2)20-8-5-6-9-20/h11H,4-10H2,1-3H3,(H3,16,17,18,19). The predicted octanol–water partition coefficient (Wildman–Crippen LogP) is 2.22. The van der Waals surface area contributed by atoms with Crippen molar-refractivity contribution in [3.8, 4) is 0 Å². The third kappa shape index (κ3) is 3.60. The van der Waals surface area contributed by atoms with Crippen molar-refractivity contribution in [1.29, 1.82) is 0 Å². The second-order valence-electron chi connectivity index (χ2n) is 5.72. The number of hydrogen-bond donors (Lipinski definition) is 2. The first-order chi connectivity index (χ1) is 9.61. The molecule has 5 heteroatoms. The van der Waals surface area contributed by atoms with Crippen LogP contribution in [0.5, 0.6) is 0 Å². The topological polar surface area (TPSA) is 67.1 Å². The Hall–Kier alpha value is -1.36. The Labute approximate surface area is 122 Å². The molecule has 1 atom stereocenters. The van der Waals surface area contributed by atoms with Crippen molar-refractivity contribution < 1.29 is 0 Å². The van der Waals surface area contributed by atoms with Crippen molar-refractivity contribution in [2.75, 3.05) is 30.7 Å². The van der Waals surface area contributed by atoms with E-state index in [1.54, 1.807) is 0 Å². The zero-order valence-corrected chi connectivity index (χ0v) is 12.9. The number of nitrogens with one attached hydrogen (secondary N) is 1. The summed E-state index contributed by atoms with van der Waals surface area (Å²) >= 11 is 0. The van der Waals surface area contributed by atoms with E-state index in [2.05, 4.69) is 34.0 Å². The molecule has 0 spiro atoms. The maximum Gasteiger partial charge on any atom is 0.134 e. The third-order valence-electron chi connectivity index (χ3n) is 4.03. The Kier molecular flexibility index (Phi) is 5.17. The van der Waals surface area contributed by atoms with Gasteiger partial charge >= 0.3 is 0 Å². The lowest BCUT2D eigenvalue weighted by Crippen LogP contribution is -2.35. The number of nitrogen functional groups attached to an aromatic ring is 1. The molecular weight excluding hydrogens is 250 g/mol. The quantitative estimate of drug-likeness (QED) is 0.834. The molecule has 0 bridgehead atoms. The van der Waals surface area contributed by atoms with E-state index in [0.29, 0.717) is 11.9 Å². The molecule has 112 valence electrons. The lowest BCUT2D eigenvalue weighted by molar-refractivity contribution is 0.269. The van der Waals surface area contributed by atoms with Crippen molar-refractivity contribution in [2.45, 2.75) is 52.5 Å². The minimum absolute atomic E-state index is 0.530. The fourth-order valence-electron chi connectivity index (χ4n) is 2.65. The van der Waals surface area contributed by atoms with Crippen molar-refractivity contribution in [1.82, 2.24) is 14.9 Å². The smallest absolute Gasteiger partial charge is 0.134 e. The van der Waals surface area contributed by atoms with Crippen LogP contribution < -0.4 is 11.1 Å². The van der Waals surface area contributed by atoms with Crippen LogP contribution in [0.3, 0.4) is 0 Å². The van der Waals surface area contributed by atoms with Crippen LogP contribution in [0, 0.1) is 6.92 Å². The molecule has 5 nitrogen and oxygen atoms in total. The number of likely N-dealkylation sites (tertiary alicyclic amines) is 1. The van der Waals surface area contributed by atoms with Gasteiger partial charge in [-0.25, -0.2) is 9.97 Å². The highest BCUT2D eigenvalue weighted by atomic mass is 15.2. The summed E-state index contributed by atoms with van der Waals surface area (Å²) in [6.45, 7) is 9.72. The fraction of sp³-hybridized carbons (Fsp3) is 0.733. The van der Waals surface area contributed by atoms with E-state index in [9.17, 15) is 0 Å². The molecule has 1 unspecified atom stereocenters. The van der Waals surface area contributed by atoms with Crippen LogP contribution in [0.25, 0.3) is 0 Å². The lowest BCUT2D eigenvalue weighted by Gasteiger charge is -2.24. The normalized spacial score (nSPS) is 17.4. The molecule has 1 aromatic rings. The average Bonchev–Trinajstić information content (AvgIpc) is 2.95. The predicted molar refractivity (Wildman–Crippen MR) is 83.9 cm³/mol. The Bertz CT molecular complexity index is 440. The zero-order chi connectivity index (χ0) is 14.5. The van der Waals surface area contributed by atoms with Gasteiger partial charge in [0.2, 0.25) is 0 Å². The molecule has 0 aliphatic carbocycles. The van der Waals surface area contributed by atoms with Crippen LogP contribution in [0.4, 0.5) is 11.6 Å². The number of nitrogens with two attached hydrogens (primary N) is 1. The molecule has 1 aliphatic heterocycles. The Morgan fingerprint density at radius 2 is 2.00 bits per heavy atom.